The lowest BCUT2D eigenvalue weighted by Crippen LogP contribution is -2.44. The van der Waals surface area contributed by atoms with E-state index in [1.54, 1.807) is 36.2 Å². The van der Waals surface area contributed by atoms with Crippen LogP contribution in [-0.2, 0) is 10.0 Å². The van der Waals surface area contributed by atoms with E-state index < -0.39 is 10.0 Å². The van der Waals surface area contributed by atoms with Gasteiger partial charge in [0.2, 0.25) is 10.0 Å². The van der Waals surface area contributed by atoms with Crippen LogP contribution in [0.3, 0.4) is 0 Å². The van der Waals surface area contributed by atoms with E-state index in [-0.39, 0.29) is 35.3 Å². The van der Waals surface area contributed by atoms with Crippen molar-refractivity contribution >= 4 is 28.3 Å². The summed E-state index contributed by atoms with van der Waals surface area (Å²) in [7, 11) is -0.0126. The lowest BCUT2D eigenvalue weighted by molar-refractivity contribution is 0.0703. The molecule has 0 bridgehead atoms. The van der Waals surface area contributed by atoms with Gasteiger partial charge in [-0.3, -0.25) is 4.79 Å². The van der Waals surface area contributed by atoms with Crippen molar-refractivity contribution in [2.75, 3.05) is 27.2 Å². The van der Waals surface area contributed by atoms with Gasteiger partial charge in [-0.25, -0.2) is 8.42 Å². The third-order valence-electron chi connectivity index (χ3n) is 6.04. The van der Waals surface area contributed by atoms with Crippen molar-refractivity contribution in [3.8, 4) is 0 Å². The number of carbonyl (C=O) groups excluding carboxylic acids is 1. The Labute approximate surface area is 175 Å². The van der Waals surface area contributed by atoms with Crippen LogP contribution in [-0.4, -0.2) is 62.8 Å². The highest BCUT2D eigenvalue weighted by atomic mass is 35.5. The molecule has 1 saturated heterocycles. The first-order valence-electron chi connectivity index (χ1n) is 9.97. The van der Waals surface area contributed by atoms with E-state index in [0.717, 1.165) is 51.6 Å². The first kappa shape index (κ1) is 23.1. The highest BCUT2D eigenvalue weighted by Gasteiger charge is 2.29. The number of hydrogen-bond donors (Lipinski definition) is 1. The number of halogens is 1. The number of piperidine rings is 1. The monoisotopic (exact) mass is 429 g/mol. The van der Waals surface area contributed by atoms with Crippen LogP contribution in [0.5, 0.6) is 0 Å². The van der Waals surface area contributed by atoms with E-state index in [2.05, 4.69) is 5.32 Å². The predicted octanol–water partition coefficient (Wildman–Crippen LogP) is 2.89. The van der Waals surface area contributed by atoms with Crippen molar-refractivity contribution in [1.82, 2.24) is 14.5 Å². The molecule has 1 aliphatic carbocycles. The van der Waals surface area contributed by atoms with E-state index in [1.807, 2.05) is 7.05 Å². The van der Waals surface area contributed by atoms with Crippen LogP contribution in [0, 0.1) is 0 Å². The molecule has 0 spiro atoms. The fraction of sp³-hybridized carbons (Fsp3) is 0.650. The summed E-state index contributed by atoms with van der Waals surface area (Å²) < 4.78 is 27.4. The molecule has 2 aliphatic rings. The van der Waals surface area contributed by atoms with Crippen LogP contribution in [0.2, 0.25) is 0 Å². The Hall–Kier alpha value is -1.15. The summed E-state index contributed by atoms with van der Waals surface area (Å²) in [5, 5.41) is 3.30. The number of hydrogen-bond acceptors (Lipinski definition) is 4. The van der Waals surface area contributed by atoms with Gasteiger partial charge in [-0.05, 0) is 63.0 Å². The van der Waals surface area contributed by atoms with Crippen molar-refractivity contribution in [2.45, 2.75) is 61.9 Å². The normalized spacial score (nSPS) is 19.2. The molecule has 158 valence electrons. The quantitative estimate of drug-likeness (QED) is 0.781. The maximum Gasteiger partial charge on any atom is 0.253 e. The molecule has 0 unspecified atom stereocenters. The van der Waals surface area contributed by atoms with Crippen molar-refractivity contribution in [2.24, 2.45) is 0 Å². The molecular formula is C20H32ClN3O3S. The van der Waals surface area contributed by atoms with Gasteiger partial charge in [-0.15, -0.1) is 12.4 Å². The summed E-state index contributed by atoms with van der Waals surface area (Å²) in [6.07, 6.45) is 7.09. The second-order valence-electron chi connectivity index (χ2n) is 7.73. The number of nitrogens with one attached hydrogen (secondary N) is 1. The van der Waals surface area contributed by atoms with Gasteiger partial charge in [0.05, 0.1) is 4.90 Å². The van der Waals surface area contributed by atoms with Gasteiger partial charge < -0.3 is 10.2 Å². The Kier molecular flexibility index (Phi) is 8.30. The van der Waals surface area contributed by atoms with E-state index >= 15 is 0 Å². The lowest BCUT2D eigenvalue weighted by Gasteiger charge is -2.32. The zero-order valence-electron chi connectivity index (χ0n) is 16.8. The van der Waals surface area contributed by atoms with Gasteiger partial charge in [-0.1, -0.05) is 19.3 Å². The second-order valence-corrected chi connectivity index (χ2v) is 9.73. The summed E-state index contributed by atoms with van der Waals surface area (Å²) in [5.74, 6) is -0.0496. The number of carbonyl (C=O) groups is 1. The Morgan fingerprint density at radius 2 is 1.50 bits per heavy atom. The van der Waals surface area contributed by atoms with Crippen LogP contribution in [0.1, 0.15) is 55.3 Å². The number of benzene rings is 1. The standard InChI is InChI=1S/C20H31N3O3S.ClH/c1-22(17-12-14-21-15-13-17)20(24)16-8-10-19(11-9-16)27(25,26)23(2)18-6-4-3-5-7-18;/h8-11,17-18,21H,3-7,12-15H2,1-2H3;1H. The number of rotatable bonds is 5. The molecular weight excluding hydrogens is 398 g/mol. The molecule has 0 atom stereocenters. The summed E-state index contributed by atoms with van der Waals surface area (Å²) in [5.41, 5.74) is 0.537. The molecule has 8 heteroatoms. The molecule has 1 aromatic carbocycles. The highest BCUT2D eigenvalue weighted by molar-refractivity contribution is 7.89. The zero-order chi connectivity index (χ0) is 19.4. The maximum atomic E-state index is 12.9. The topological polar surface area (TPSA) is 69.7 Å². The minimum absolute atomic E-state index is 0. The molecule has 0 radical (unpaired) electrons. The Balaban J connectivity index is 0.00000280. The smallest absolute Gasteiger partial charge is 0.253 e. The van der Waals surface area contributed by atoms with Gasteiger partial charge >= 0.3 is 0 Å². The van der Waals surface area contributed by atoms with E-state index in [1.165, 1.54) is 10.7 Å². The highest BCUT2D eigenvalue weighted by Crippen LogP contribution is 2.26. The van der Waals surface area contributed by atoms with E-state index in [9.17, 15) is 13.2 Å². The second kappa shape index (κ2) is 10.1. The molecule has 1 heterocycles. The van der Waals surface area contributed by atoms with Crippen molar-refractivity contribution in [1.29, 1.82) is 0 Å². The molecule has 28 heavy (non-hydrogen) atoms. The summed E-state index contributed by atoms with van der Waals surface area (Å²) in [4.78, 5) is 14.8. The van der Waals surface area contributed by atoms with Crippen LogP contribution in [0.4, 0.5) is 0 Å². The van der Waals surface area contributed by atoms with Crippen molar-refractivity contribution < 1.29 is 13.2 Å². The fourth-order valence-electron chi connectivity index (χ4n) is 4.14. The van der Waals surface area contributed by atoms with Crippen molar-refractivity contribution in [3.63, 3.8) is 0 Å². The minimum Gasteiger partial charge on any atom is -0.339 e. The first-order valence-corrected chi connectivity index (χ1v) is 11.4. The molecule has 1 N–H and O–H groups in total. The largest absolute Gasteiger partial charge is 0.339 e. The number of amides is 1. The van der Waals surface area contributed by atoms with Gasteiger partial charge in [0, 0.05) is 31.7 Å². The Bertz CT molecular complexity index is 742. The summed E-state index contributed by atoms with van der Waals surface area (Å²) in [6.45, 7) is 1.85. The molecule has 1 amide bonds. The fourth-order valence-corrected chi connectivity index (χ4v) is 5.56. The third-order valence-corrected chi connectivity index (χ3v) is 7.97. The molecule has 1 aliphatic heterocycles. The minimum atomic E-state index is -3.52. The van der Waals surface area contributed by atoms with E-state index in [4.69, 9.17) is 0 Å². The predicted molar refractivity (Wildman–Crippen MR) is 113 cm³/mol. The lowest BCUT2D eigenvalue weighted by atomic mass is 9.96. The first-order chi connectivity index (χ1) is 12.9. The average Bonchev–Trinajstić information content (AvgIpc) is 2.73. The van der Waals surface area contributed by atoms with Crippen LogP contribution in [0.25, 0.3) is 0 Å². The third kappa shape index (κ3) is 5.06. The summed E-state index contributed by atoms with van der Waals surface area (Å²) >= 11 is 0. The van der Waals surface area contributed by atoms with Gasteiger partial charge in [0.25, 0.3) is 5.91 Å². The molecule has 1 saturated carbocycles. The van der Waals surface area contributed by atoms with Gasteiger partial charge in [-0.2, -0.15) is 4.31 Å². The molecule has 2 fully saturated rings. The van der Waals surface area contributed by atoms with Crippen LogP contribution in [0.15, 0.2) is 29.2 Å². The molecule has 0 aromatic heterocycles. The SMILES string of the molecule is CN(C(=O)c1ccc(S(=O)(=O)N(C)C2CCCCC2)cc1)C1CCNCC1.Cl. The number of nitrogens with zero attached hydrogens (tertiary/aromatic N) is 2. The number of sulfonamides is 1. The van der Waals surface area contributed by atoms with Gasteiger partial charge in [0.1, 0.15) is 0 Å². The molecule has 1 aromatic rings. The van der Waals surface area contributed by atoms with E-state index in [0.29, 0.717) is 5.56 Å². The zero-order valence-corrected chi connectivity index (χ0v) is 18.4. The van der Waals surface area contributed by atoms with Crippen molar-refractivity contribution in [3.05, 3.63) is 29.8 Å². The average molecular weight is 430 g/mol. The Morgan fingerprint density at radius 3 is 2.07 bits per heavy atom. The molecule has 3 rings (SSSR count). The Morgan fingerprint density at radius 1 is 0.929 bits per heavy atom. The maximum absolute atomic E-state index is 12.9. The van der Waals surface area contributed by atoms with Crippen LogP contribution >= 0.6 is 12.4 Å². The van der Waals surface area contributed by atoms with Gasteiger partial charge in [0.15, 0.2) is 0 Å². The summed E-state index contributed by atoms with van der Waals surface area (Å²) in [6, 6.07) is 6.73. The van der Waals surface area contributed by atoms with Crippen LogP contribution < -0.4 is 5.32 Å². The molecule has 6 nitrogen and oxygen atoms in total.